The number of benzene rings is 1. The summed E-state index contributed by atoms with van der Waals surface area (Å²) in [6.07, 6.45) is 1.80. The minimum atomic E-state index is -3.50. The summed E-state index contributed by atoms with van der Waals surface area (Å²) in [6, 6.07) is 3.45. The quantitative estimate of drug-likeness (QED) is 0.459. The van der Waals surface area contributed by atoms with Crippen LogP contribution < -0.4 is 10.5 Å². The van der Waals surface area contributed by atoms with Gasteiger partial charge in [-0.3, -0.25) is 0 Å². The van der Waals surface area contributed by atoms with Crippen molar-refractivity contribution in [2.45, 2.75) is 18.7 Å². The summed E-state index contributed by atoms with van der Waals surface area (Å²) >= 11 is 1.63. The molecule has 3 N–H and O–H groups in total. The molecular weight excluding hydrogens is 280 g/mol. The van der Waals surface area contributed by atoms with Gasteiger partial charge < -0.3 is 5.73 Å². The summed E-state index contributed by atoms with van der Waals surface area (Å²) in [5.41, 5.74) is 7.58. The Kier molecular flexibility index (Phi) is 5.90. The molecule has 0 aromatic heterocycles. The Labute approximate surface area is 119 Å². The van der Waals surface area contributed by atoms with Crippen LogP contribution in [0.2, 0.25) is 0 Å². The summed E-state index contributed by atoms with van der Waals surface area (Å²) in [7, 11) is -3.50. The maximum absolute atomic E-state index is 12.3. The van der Waals surface area contributed by atoms with Crippen molar-refractivity contribution in [3.63, 3.8) is 0 Å². The highest BCUT2D eigenvalue weighted by Crippen LogP contribution is 2.24. The van der Waals surface area contributed by atoms with E-state index in [0.29, 0.717) is 34.0 Å². The Morgan fingerprint density at radius 1 is 1.42 bits per heavy atom. The fraction of sp³-hybridized carbons (Fsp3) is 0.385. The SMILES string of the molecule is C=CCSCCNS(=O)(=O)c1c(C)ccc(N)c1C. The van der Waals surface area contributed by atoms with E-state index in [4.69, 9.17) is 5.73 Å². The zero-order valence-corrected chi connectivity index (χ0v) is 12.9. The van der Waals surface area contributed by atoms with Crippen LogP contribution in [0.4, 0.5) is 5.69 Å². The van der Waals surface area contributed by atoms with Crippen LogP contribution in [0.3, 0.4) is 0 Å². The number of nitrogens with two attached hydrogens (primary N) is 1. The highest BCUT2D eigenvalue weighted by molar-refractivity contribution is 7.99. The Hall–Kier alpha value is -0.980. The van der Waals surface area contributed by atoms with E-state index < -0.39 is 10.0 Å². The standard InChI is InChI=1S/C13H20N2O2S2/c1-4-8-18-9-7-15-19(16,17)13-10(2)5-6-12(14)11(13)3/h4-6,15H,1,7-9,14H2,2-3H3. The second-order valence-electron chi connectivity index (χ2n) is 4.19. The monoisotopic (exact) mass is 300 g/mol. The first-order valence-electron chi connectivity index (χ1n) is 5.94. The highest BCUT2D eigenvalue weighted by atomic mass is 32.2. The van der Waals surface area contributed by atoms with E-state index in [1.807, 2.05) is 0 Å². The van der Waals surface area contributed by atoms with Gasteiger partial charge in [0.2, 0.25) is 10.0 Å². The molecular formula is C13H20N2O2S2. The fourth-order valence-corrected chi connectivity index (χ4v) is 3.98. The first kappa shape index (κ1) is 16.1. The second kappa shape index (κ2) is 6.98. The third kappa shape index (κ3) is 4.26. The van der Waals surface area contributed by atoms with Crippen LogP contribution >= 0.6 is 11.8 Å². The normalized spacial score (nSPS) is 11.5. The smallest absolute Gasteiger partial charge is 0.241 e. The van der Waals surface area contributed by atoms with Gasteiger partial charge in [0, 0.05) is 23.7 Å². The molecule has 1 aromatic rings. The van der Waals surface area contributed by atoms with Crippen molar-refractivity contribution in [1.29, 1.82) is 0 Å². The molecule has 0 amide bonds. The van der Waals surface area contributed by atoms with Crippen LogP contribution in [0.15, 0.2) is 29.7 Å². The topological polar surface area (TPSA) is 72.2 Å². The van der Waals surface area contributed by atoms with Gasteiger partial charge in [-0.1, -0.05) is 12.1 Å². The molecule has 0 unspecified atom stereocenters. The lowest BCUT2D eigenvalue weighted by Crippen LogP contribution is -2.27. The van der Waals surface area contributed by atoms with E-state index in [1.165, 1.54) is 0 Å². The van der Waals surface area contributed by atoms with Crippen molar-refractivity contribution >= 4 is 27.5 Å². The molecule has 0 bridgehead atoms. The molecule has 0 fully saturated rings. The minimum Gasteiger partial charge on any atom is -0.398 e. The molecule has 6 heteroatoms. The lowest BCUT2D eigenvalue weighted by atomic mass is 10.1. The van der Waals surface area contributed by atoms with Crippen LogP contribution in [-0.2, 0) is 10.0 Å². The molecule has 0 saturated carbocycles. The molecule has 0 aliphatic rings. The average Bonchev–Trinajstić information content (AvgIpc) is 2.34. The van der Waals surface area contributed by atoms with Gasteiger partial charge in [-0.15, -0.1) is 6.58 Å². The molecule has 0 atom stereocenters. The number of hydrogen-bond acceptors (Lipinski definition) is 4. The molecule has 19 heavy (non-hydrogen) atoms. The van der Waals surface area contributed by atoms with E-state index in [1.54, 1.807) is 43.8 Å². The Balaban J connectivity index is 2.83. The van der Waals surface area contributed by atoms with Gasteiger partial charge in [-0.05, 0) is 31.0 Å². The Morgan fingerprint density at radius 2 is 2.11 bits per heavy atom. The van der Waals surface area contributed by atoms with Crippen molar-refractivity contribution in [2.75, 3.05) is 23.8 Å². The summed E-state index contributed by atoms with van der Waals surface area (Å²) < 4.78 is 27.1. The van der Waals surface area contributed by atoms with Crippen molar-refractivity contribution < 1.29 is 8.42 Å². The minimum absolute atomic E-state index is 0.293. The van der Waals surface area contributed by atoms with Gasteiger partial charge in [0.25, 0.3) is 0 Å². The van der Waals surface area contributed by atoms with Gasteiger partial charge in [0.15, 0.2) is 0 Å². The second-order valence-corrected chi connectivity index (χ2v) is 7.04. The van der Waals surface area contributed by atoms with Crippen LogP contribution in [0, 0.1) is 13.8 Å². The lowest BCUT2D eigenvalue weighted by Gasteiger charge is -2.13. The summed E-state index contributed by atoms with van der Waals surface area (Å²) in [6.45, 7) is 7.51. The predicted molar refractivity (Wildman–Crippen MR) is 83.0 cm³/mol. The number of aryl methyl sites for hydroxylation is 1. The molecule has 0 saturated heterocycles. The van der Waals surface area contributed by atoms with Crippen LogP contribution in [0.5, 0.6) is 0 Å². The molecule has 1 rings (SSSR count). The molecule has 1 aromatic carbocycles. The fourth-order valence-electron chi connectivity index (χ4n) is 1.74. The predicted octanol–water partition coefficient (Wildman–Crippen LogP) is 2.08. The van der Waals surface area contributed by atoms with E-state index in [9.17, 15) is 8.42 Å². The van der Waals surface area contributed by atoms with E-state index in [-0.39, 0.29) is 0 Å². The van der Waals surface area contributed by atoms with Crippen LogP contribution in [0.25, 0.3) is 0 Å². The zero-order chi connectivity index (χ0) is 14.5. The zero-order valence-electron chi connectivity index (χ0n) is 11.3. The van der Waals surface area contributed by atoms with Crippen molar-refractivity contribution in [3.05, 3.63) is 35.9 Å². The van der Waals surface area contributed by atoms with Gasteiger partial charge >= 0.3 is 0 Å². The molecule has 0 heterocycles. The molecule has 0 aliphatic carbocycles. The summed E-state index contributed by atoms with van der Waals surface area (Å²) in [5.74, 6) is 1.53. The summed E-state index contributed by atoms with van der Waals surface area (Å²) in [4.78, 5) is 0.293. The number of anilines is 1. The third-order valence-electron chi connectivity index (χ3n) is 2.69. The average molecular weight is 300 g/mol. The van der Waals surface area contributed by atoms with Gasteiger partial charge in [-0.25, -0.2) is 13.1 Å². The lowest BCUT2D eigenvalue weighted by molar-refractivity contribution is 0.583. The summed E-state index contributed by atoms with van der Waals surface area (Å²) in [5, 5.41) is 0. The number of sulfonamides is 1. The van der Waals surface area contributed by atoms with E-state index in [0.717, 1.165) is 5.75 Å². The highest BCUT2D eigenvalue weighted by Gasteiger charge is 2.20. The molecule has 0 aliphatic heterocycles. The molecule has 4 nitrogen and oxygen atoms in total. The maximum Gasteiger partial charge on any atom is 0.241 e. The number of thioether (sulfide) groups is 1. The molecule has 106 valence electrons. The van der Waals surface area contributed by atoms with Gasteiger partial charge in [0.1, 0.15) is 0 Å². The van der Waals surface area contributed by atoms with Crippen LogP contribution in [0.1, 0.15) is 11.1 Å². The van der Waals surface area contributed by atoms with Crippen LogP contribution in [-0.4, -0.2) is 26.5 Å². The number of rotatable bonds is 7. The van der Waals surface area contributed by atoms with Gasteiger partial charge in [-0.2, -0.15) is 11.8 Å². The Bertz CT molecular complexity index is 554. The number of nitrogen functional groups attached to an aromatic ring is 1. The van der Waals surface area contributed by atoms with Gasteiger partial charge in [0.05, 0.1) is 4.90 Å². The Morgan fingerprint density at radius 3 is 2.74 bits per heavy atom. The number of nitrogens with one attached hydrogen (secondary N) is 1. The van der Waals surface area contributed by atoms with Crippen molar-refractivity contribution in [3.8, 4) is 0 Å². The van der Waals surface area contributed by atoms with Crippen molar-refractivity contribution in [2.24, 2.45) is 0 Å². The maximum atomic E-state index is 12.3. The largest absolute Gasteiger partial charge is 0.398 e. The first-order valence-corrected chi connectivity index (χ1v) is 8.58. The first-order chi connectivity index (χ1) is 8.90. The third-order valence-corrected chi connectivity index (χ3v) is 5.40. The molecule has 0 spiro atoms. The van der Waals surface area contributed by atoms with E-state index in [2.05, 4.69) is 11.3 Å². The van der Waals surface area contributed by atoms with E-state index >= 15 is 0 Å². The van der Waals surface area contributed by atoms with Crippen molar-refractivity contribution in [1.82, 2.24) is 4.72 Å². The molecule has 0 radical (unpaired) electrons. The number of hydrogen-bond donors (Lipinski definition) is 2.